The lowest BCUT2D eigenvalue weighted by molar-refractivity contribution is -0.274. The van der Waals surface area contributed by atoms with E-state index in [2.05, 4.69) is 14.8 Å². The zero-order valence-electron chi connectivity index (χ0n) is 15.7. The Morgan fingerprint density at radius 3 is 2.31 bits per heavy atom. The summed E-state index contributed by atoms with van der Waals surface area (Å²) >= 11 is 0. The van der Waals surface area contributed by atoms with Gasteiger partial charge in [-0.3, -0.25) is 4.79 Å². The molecule has 0 aliphatic rings. The van der Waals surface area contributed by atoms with Crippen LogP contribution >= 0.6 is 0 Å². The molecule has 0 atom stereocenters. The van der Waals surface area contributed by atoms with Crippen LogP contribution in [0.2, 0.25) is 0 Å². The summed E-state index contributed by atoms with van der Waals surface area (Å²) in [7, 11) is -2.72. The van der Waals surface area contributed by atoms with Crippen molar-refractivity contribution in [2.45, 2.75) is 31.1 Å². The number of rotatable bonds is 7. The number of methoxy groups -OCH3 is 1. The number of alkyl halides is 3. The van der Waals surface area contributed by atoms with Crippen LogP contribution < -0.4 is 19.5 Å². The Labute approximate surface area is 165 Å². The average molecular weight is 432 g/mol. The molecule has 0 spiro atoms. The first-order valence-electron chi connectivity index (χ1n) is 8.29. The summed E-state index contributed by atoms with van der Waals surface area (Å²) in [5, 5.41) is 2.29. The standard InChI is InChI=1S/C18H19F3N2O5S/c1-11(2)23-29(25,26)16-10-12(8-9-15(16)27-3)17(24)22-13-6-4-5-7-14(13)28-18(19,20)21/h4-11,23H,1-3H3,(H,22,24). The minimum atomic E-state index is -4.94. The van der Waals surface area contributed by atoms with E-state index in [0.29, 0.717) is 0 Å². The molecule has 2 aromatic carbocycles. The monoisotopic (exact) mass is 432 g/mol. The first kappa shape index (κ1) is 22.5. The molecule has 0 aliphatic heterocycles. The molecule has 0 saturated carbocycles. The average Bonchev–Trinajstić information content (AvgIpc) is 2.60. The Morgan fingerprint density at radius 1 is 1.07 bits per heavy atom. The Hall–Kier alpha value is -2.79. The lowest BCUT2D eigenvalue weighted by Gasteiger charge is -2.15. The van der Waals surface area contributed by atoms with Crippen LogP contribution in [-0.2, 0) is 10.0 Å². The highest BCUT2D eigenvalue weighted by atomic mass is 32.2. The Bertz CT molecular complexity index is 991. The third-order valence-corrected chi connectivity index (χ3v) is 5.15. The first-order valence-corrected chi connectivity index (χ1v) is 9.78. The Balaban J connectivity index is 2.37. The van der Waals surface area contributed by atoms with Gasteiger partial charge in [0.2, 0.25) is 10.0 Å². The molecule has 0 saturated heterocycles. The van der Waals surface area contributed by atoms with E-state index in [9.17, 15) is 26.4 Å². The third-order valence-electron chi connectivity index (χ3n) is 3.47. The molecule has 0 aromatic heterocycles. The molecule has 2 rings (SSSR count). The van der Waals surface area contributed by atoms with Crippen molar-refractivity contribution < 1.29 is 35.9 Å². The summed E-state index contributed by atoms with van der Waals surface area (Å²) in [5.41, 5.74) is -0.327. The number of benzene rings is 2. The van der Waals surface area contributed by atoms with Crippen LogP contribution in [0.4, 0.5) is 18.9 Å². The molecular formula is C18H19F3N2O5S. The Morgan fingerprint density at radius 2 is 1.72 bits per heavy atom. The van der Waals surface area contributed by atoms with E-state index < -0.39 is 34.1 Å². The highest BCUT2D eigenvalue weighted by Gasteiger charge is 2.32. The second-order valence-electron chi connectivity index (χ2n) is 6.14. The van der Waals surface area contributed by atoms with Crippen molar-refractivity contribution in [2.24, 2.45) is 0 Å². The molecule has 11 heteroatoms. The quantitative estimate of drug-likeness (QED) is 0.698. The first-order chi connectivity index (χ1) is 13.4. The van der Waals surface area contributed by atoms with Gasteiger partial charge in [-0.1, -0.05) is 12.1 Å². The van der Waals surface area contributed by atoms with E-state index >= 15 is 0 Å². The number of para-hydroxylation sites is 2. The third kappa shape index (κ3) is 6.09. The molecule has 0 bridgehead atoms. The smallest absolute Gasteiger partial charge is 0.495 e. The minimum absolute atomic E-state index is 0.00973. The van der Waals surface area contributed by atoms with E-state index in [1.165, 1.54) is 37.4 Å². The van der Waals surface area contributed by atoms with Gasteiger partial charge in [0.1, 0.15) is 10.6 Å². The van der Waals surface area contributed by atoms with E-state index in [0.717, 1.165) is 12.1 Å². The molecule has 0 fully saturated rings. The number of amides is 1. The highest BCUT2D eigenvalue weighted by molar-refractivity contribution is 7.89. The molecule has 0 unspecified atom stereocenters. The molecule has 2 aromatic rings. The number of halogens is 3. The molecule has 7 nitrogen and oxygen atoms in total. The summed E-state index contributed by atoms with van der Waals surface area (Å²) < 4.78 is 73.9. The maximum atomic E-state index is 12.5. The van der Waals surface area contributed by atoms with Crippen LogP contribution in [0.15, 0.2) is 47.4 Å². The van der Waals surface area contributed by atoms with Crippen molar-refractivity contribution in [1.82, 2.24) is 4.72 Å². The predicted octanol–water partition coefficient (Wildman–Crippen LogP) is 3.53. The summed E-state index contributed by atoms with van der Waals surface area (Å²) in [5.74, 6) is -1.42. The van der Waals surface area contributed by atoms with Crippen LogP contribution in [0, 0.1) is 0 Å². The van der Waals surface area contributed by atoms with Crippen LogP contribution in [0.25, 0.3) is 0 Å². The van der Waals surface area contributed by atoms with Crippen LogP contribution in [0.3, 0.4) is 0 Å². The minimum Gasteiger partial charge on any atom is -0.495 e. The zero-order valence-corrected chi connectivity index (χ0v) is 16.5. The molecule has 0 heterocycles. The number of sulfonamides is 1. The van der Waals surface area contributed by atoms with Crippen molar-refractivity contribution >= 4 is 21.6 Å². The highest BCUT2D eigenvalue weighted by Crippen LogP contribution is 2.31. The summed E-state index contributed by atoms with van der Waals surface area (Å²) in [4.78, 5) is 12.3. The molecule has 2 N–H and O–H groups in total. The topological polar surface area (TPSA) is 93.7 Å². The fourth-order valence-corrected chi connectivity index (χ4v) is 3.83. The van der Waals surface area contributed by atoms with Gasteiger partial charge in [0.15, 0.2) is 5.75 Å². The fraction of sp³-hybridized carbons (Fsp3) is 0.278. The number of hydrogen-bond acceptors (Lipinski definition) is 5. The number of nitrogens with one attached hydrogen (secondary N) is 2. The lowest BCUT2D eigenvalue weighted by Crippen LogP contribution is -2.30. The molecule has 29 heavy (non-hydrogen) atoms. The maximum absolute atomic E-state index is 12.5. The largest absolute Gasteiger partial charge is 0.573 e. The molecular weight excluding hydrogens is 413 g/mol. The summed E-state index contributed by atoms with van der Waals surface area (Å²) in [6.45, 7) is 3.25. The number of hydrogen-bond donors (Lipinski definition) is 2. The van der Waals surface area contributed by atoms with Gasteiger partial charge in [-0.2, -0.15) is 0 Å². The van der Waals surface area contributed by atoms with Crippen LogP contribution in [0.5, 0.6) is 11.5 Å². The second kappa shape index (κ2) is 8.70. The normalized spacial score (nSPS) is 12.0. The second-order valence-corrected chi connectivity index (χ2v) is 7.82. The SMILES string of the molecule is COc1ccc(C(=O)Nc2ccccc2OC(F)(F)F)cc1S(=O)(=O)NC(C)C. The Kier molecular flexibility index (Phi) is 6.75. The van der Waals surface area contributed by atoms with Gasteiger partial charge in [-0.25, -0.2) is 13.1 Å². The molecule has 1 amide bonds. The molecule has 0 aliphatic carbocycles. The number of anilines is 1. The fourth-order valence-electron chi connectivity index (χ4n) is 2.38. The van der Waals surface area contributed by atoms with Gasteiger partial charge in [-0.15, -0.1) is 13.2 Å². The van der Waals surface area contributed by atoms with Crippen LogP contribution in [-0.4, -0.2) is 33.8 Å². The molecule has 158 valence electrons. The van der Waals surface area contributed by atoms with Gasteiger partial charge in [-0.05, 0) is 44.2 Å². The van der Waals surface area contributed by atoms with Gasteiger partial charge in [0, 0.05) is 11.6 Å². The molecule has 0 radical (unpaired) electrons. The van der Waals surface area contributed by atoms with E-state index in [-0.39, 0.29) is 21.9 Å². The maximum Gasteiger partial charge on any atom is 0.573 e. The van der Waals surface area contributed by atoms with Gasteiger partial charge >= 0.3 is 6.36 Å². The number of carbonyl (C=O) groups is 1. The zero-order chi connectivity index (χ0) is 21.8. The van der Waals surface area contributed by atoms with E-state index in [1.807, 2.05) is 0 Å². The van der Waals surface area contributed by atoms with Crippen molar-refractivity contribution in [1.29, 1.82) is 0 Å². The summed E-state index contributed by atoms with van der Waals surface area (Å²) in [6.07, 6.45) is -4.94. The summed E-state index contributed by atoms with van der Waals surface area (Å²) in [6, 6.07) is 8.22. The van der Waals surface area contributed by atoms with Gasteiger partial charge < -0.3 is 14.8 Å². The van der Waals surface area contributed by atoms with Gasteiger partial charge in [0.25, 0.3) is 5.91 Å². The predicted molar refractivity (Wildman–Crippen MR) is 99.5 cm³/mol. The van der Waals surface area contributed by atoms with Crippen molar-refractivity contribution in [2.75, 3.05) is 12.4 Å². The van der Waals surface area contributed by atoms with Crippen molar-refractivity contribution in [3.05, 3.63) is 48.0 Å². The number of ether oxygens (including phenoxy) is 2. The van der Waals surface area contributed by atoms with Crippen LogP contribution in [0.1, 0.15) is 24.2 Å². The van der Waals surface area contributed by atoms with E-state index in [1.54, 1.807) is 13.8 Å². The van der Waals surface area contributed by atoms with Gasteiger partial charge in [0.05, 0.1) is 12.8 Å². The van der Waals surface area contributed by atoms with Crippen molar-refractivity contribution in [3.8, 4) is 11.5 Å². The number of carbonyl (C=O) groups excluding carboxylic acids is 1. The lowest BCUT2D eigenvalue weighted by atomic mass is 10.2. The van der Waals surface area contributed by atoms with E-state index in [4.69, 9.17) is 4.74 Å². The van der Waals surface area contributed by atoms with Crippen molar-refractivity contribution in [3.63, 3.8) is 0 Å².